The average Bonchev–Trinajstić information content (AvgIpc) is 2.70. The van der Waals surface area contributed by atoms with Crippen molar-refractivity contribution in [2.24, 2.45) is 0 Å². The van der Waals surface area contributed by atoms with Crippen molar-refractivity contribution in [1.82, 2.24) is 10.2 Å². The van der Waals surface area contributed by atoms with Crippen molar-refractivity contribution in [2.45, 2.75) is 20.4 Å². The Bertz CT molecular complexity index is 727. The standard InChI is InChI=1S/C22H31N3O2/c1-5-25(6-2)14-15-27-21-13-8-7-10-19(21)17-23-22(26)18-11-9-12-20(16-18)24(3)4/h7-13,16H,5-6,14-15,17H2,1-4H3,(H,23,26). The number of ether oxygens (including phenoxy) is 1. The molecule has 2 aromatic carbocycles. The lowest BCUT2D eigenvalue weighted by Gasteiger charge is -2.19. The number of nitrogens with one attached hydrogen (secondary N) is 1. The maximum absolute atomic E-state index is 12.5. The SMILES string of the molecule is CCN(CC)CCOc1ccccc1CNC(=O)c1cccc(N(C)C)c1. The first-order valence-corrected chi connectivity index (χ1v) is 9.53. The fourth-order valence-corrected chi connectivity index (χ4v) is 2.82. The molecule has 5 heteroatoms. The highest BCUT2D eigenvalue weighted by atomic mass is 16.5. The van der Waals surface area contributed by atoms with Crippen LogP contribution in [0.4, 0.5) is 5.69 Å². The Labute approximate surface area is 162 Å². The molecule has 146 valence electrons. The molecule has 0 radical (unpaired) electrons. The summed E-state index contributed by atoms with van der Waals surface area (Å²) in [6.45, 7) is 8.30. The third-order valence-electron chi connectivity index (χ3n) is 4.60. The molecule has 2 rings (SSSR count). The minimum atomic E-state index is -0.0864. The maximum atomic E-state index is 12.5. The summed E-state index contributed by atoms with van der Waals surface area (Å²) in [6.07, 6.45) is 0. The summed E-state index contributed by atoms with van der Waals surface area (Å²) in [7, 11) is 3.92. The van der Waals surface area contributed by atoms with Crippen LogP contribution in [0.25, 0.3) is 0 Å². The van der Waals surface area contributed by atoms with Gasteiger partial charge in [0.15, 0.2) is 0 Å². The van der Waals surface area contributed by atoms with E-state index in [1.807, 2.05) is 67.5 Å². The van der Waals surface area contributed by atoms with Crippen LogP contribution < -0.4 is 15.0 Å². The van der Waals surface area contributed by atoms with E-state index >= 15 is 0 Å². The summed E-state index contributed by atoms with van der Waals surface area (Å²) in [5, 5.41) is 3.00. The quantitative estimate of drug-likeness (QED) is 0.697. The molecular formula is C22H31N3O2. The minimum absolute atomic E-state index is 0.0864. The van der Waals surface area contributed by atoms with Crippen molar-refractivity contribution < 1.29 is 9.53 Å². The molecule has 5 nitrogen and oxygen atoms in total. The third kappa shape index (κ3) is 6.29. The van der Waals surface area contributed by atoms with Gasteiger partial charge >= 0.3 is 0 Å². The van der Waals surface area contributed by atoms with E-state index < -0.39 is 0 Å². The molecule has 0 aliphatic carbocycles. The number of hydrogen-bond acceptors (Lipinski definition) is 4. The number of carbonyl (C=O) groups is 1. The van der Waals surface area contributed by atoms with E-state index in [4.69, 9.17) is 4.74 Å². The van der Waals surface area contributed by atoms with Crippen LogP contribution in [0, 0.1) is 0 Å². The van der Waals surface area contributed by atoms with Crippen LogP contribution >= 0.6 is 0 Å². The zero-order valence-corrected chi connectivity index (χ0v) is 16.9. The smallest absolute Gasteiger partial charge is 0.251 e. The Morgan fingerprint density at radius 2 is 1.78 bits per heavy atom. The van der Waals surface area contributed by atoms with Gasteiger partial charge in [0.05, 0.1) is 0 Å². The number of amides is 1. The monoisotopic (exact) mass is 369 g/mol. The molecule has 0 aromatic heterocycles. The third-order valence-corrected chi connectivity index (χ3v) is 4.60. The lowest BCUT2D eigenvalue weighted by atomic mass is 10.1. The van der Waals surface area contributed by atoms with Crippen molar-refractivity contribution in [3.8, 4) is 5.75 Å². The molecule has 0 fully saturated rings. The summed E-state index contributed by atoms with van der Waals surface area (Å²) in [5.74, 6) is 0.739. The van der Waals surface area contributed by atoms with Gasteiger partial charge in [0.1, 0.15) is 12.4 Å². The molecule has 0 aliphatic heterocycles. The lowest BCUT2D eigenvalue weighted by molar-refractivity contribution is 0.0950. The van der Waals surface area contributed by atoms with E-state index in [9.17, 15) is 4.79 Å². The van der Waals surface area contributed by atoms with Crippen LogP contribution in [0.1, 0.15) is 29.8 Å². The minimum Gasteiger partial charge on any atom is -0.492 e. The molecule has 0 spiro atoms. The highest BCUT2D eigenvalue weighted by Gasteiger charge is 2.09. The number of anilines is 1. The Morgan fingerprint density at radius 3 is 2.48 bits per heavy atom. The summed E-state index contributed by atoms with van der Waals surface area (Å²) < 4.78 is 5.96. The van der Waals surface area contributed by atoms with Gasteiger partial charge in [-0.2, -0.15) is 0 Å². The molecule has 2 aromatic rings. The fourth-order valence-electron chi connectivity index (χ4n) is 2.82. The summed E-state index contributed by atoms with van der Waals surface area (Å²) in [5.41, 5.74) is 2.64. The first-order valence-electron chi connectivity index (χ1n) is 9.53. The number of likely N-dealkylation sites (N-methyl/N-ethyl adjacent to an activating group) is 1. The van der Waals surface area contributed by atoms with Crippen molar-refractivity contribution in [3.63, 3.8) is 0 Å². The van der Waals surface area contributed by atoms with Gasteiger partial charge in [-0.1, -0.05) is 38.1 Å². The molecule has 27 heavy (non-hydrogen) atoms. The van der Waals surface area contributed by atoms with E-state index in [1.54, 1.807) is 0 Å². The van der Waals surface area contributed by atoms with E-state index in [1.165, 1.54) is 0 Å². The second kappa shape index (κ2) is 10.6. The Kier molecular flexibility index (Phi) is 8.14. The summed E-state index contributed by atoms with van der Waals surface area (Å²) in [6, 6.07) is 15.5. The average molecular weight is 370 g/mol. The molecular weight excluding hydrogens is 338 g/mol. The predicted molar refractivity (Wildman–Crippen MR) is 112 cm³/mol. The number of carbonyl (C=O) groups excluding carboxylic acids is 1. The van der Waals surface area contributed by atoms with E-state index in [2.05, 4.69) is 24.1 Å². The van der Waals surface area contributed by atoms with Gasteiger partial charge in [0.25, 0.3) is 5.91 Å². The van der Waals surface area contributed by atoms with E-state index in [0.29, 0.717) is 18.7 Å². The fraction of sp³-hybridized carbons (Fsp3) is 0.409. The highest BCUT2D eigenvalue weighted by molar-refractivity contribution is 5.95. The van der Waals surface area contributed by atoms with Crippen molar-refractivity contribution in [2.75, 3.05) is 45.2 Å². The van der Waals surface area contributed by atoms with Crippen molar-refractivity contribution in [1.29, 1.82) is 0 Å². The second-order valence-electron chi connectivity index (χ2n) is 6.61. The number of para-hydroxylation sites is 1. The Morgan fingerprint density at radius 1 is 1.04 bits per heavy atom. The first-order chi connectivity index (χ1) is 13.0. The van der Waals surface area contributed by atoms with Crippen LogP contribution in [0.5, 0.6) is 5.75 Å². The maximum Gasteiger partial charge on any atom is 0.251 e. The molecule has 1 amide bonds. The molecule has 0 saturated carbocycles. The second-order valence-corrected chi connectivity index (χ2v) is 6.61. The van der Waals surface area contributed by atoms with Gasteiger partial charge in [-0.3, -0.25) is 4.79 Å². The summed E-state index contributed by atoms with van der Waals surface area (Å²) >= 11 is 0. The van der Waals surface area contributed by atoms with Gasteiger partial charge in [0, 0.05) is 44.0 Å². The first kappa shape index (κ1) is 20.8. The van der Waals surface area contributed by atoms with Crippen LogP contribution in [-0.2, 0) is 6.54 Å². The molecule has 0 heterocycles. The van der Waals surface area contributed by atoms with Gasteiger partial charge in [-0.05, 0) is 37.4 Å². The van der Waals surface area contributed by atoms with Gasteiger partial charge in [0.2, 0.25) is 0 Å². The molecule has 0 saturated heterocycles. The van der Waals surface area contributed by atoms with Crippen molar-refractivity contribution >= 4 is 11.6 Å². The number of hydrogen-bond donors (Lipinski definition) is 1. The number of benzene rings is 2. The Balaban J connectivity index is 1.95. The zero-order chi connectivity index (χ0) is 19.6. The Hall–Kier alpha value is -2.53. The molecule has 0 unspecified atom stereocenters. The van der Waals surface area contributed by atoms with Gasteiger partial charge < -0.3 is 19.9 Å². The number of nitrogens with zero attached hydrogens (tertiary/aromatic N) is 2. The van der Waals surface area contributed by atoms with Gasteiger partial charge in [-0.15, -0.1) is 0 Å². The molecule has 1 N–H and O–H groups in total. The van der Waals surface area contributed by atoms with Crippen LogP contribution in [0.3, 0.4) is 0 Å². The highest BCUT2D eigenvalue weighted by Crippen LogP contribution is 2.18. The lowest BCUT2D eigenvalue weighted by Crippen LogP contribution is -2.28. The van der Waals surface area contributed by atoms with E-state index in [-0.39, 0.29) is 5.91 Å². The normalized spacial score (nSPS) is 10.7. The largest absolute Gasteiger partial charge is 0.492 e. The predicted octanol–water partition coefficient (Wildman–Crippen LogP) is 3.40. The van der Waals surface area contributed by atoms with Crippen LogP contribution in [-0.4, -0.2) is 51.1 Å². The molecule has 0 aliphatic rings. The molecule has 0 bridgehead atoms. The van der Waals surface area contributed by atoms with Gasteiger partial charge in [-0.25, -0.2) is 0 Å². The number of rotatable bonds is 10. The van der Waals surface area contributed by atoms with Crippen LogP contribution in [0.15, 0.2) is 48.5 Å². The van der Waals surface area contributed by atoms with Crippen molar-refractivity contribution in [3.05, 3.63) is 59.7 Å². The topological polar surface area (TPSA) is 44.8 Å². The van der Waals surface area contributed by atoms with E-state index in [0.717, 1.165) is 36.6 Å². The molecule has 0 atom stereocenters. The zero-order valence-electron chi connectivity index (χ0n) is 16.9. The summed E-state index contributed by atoms with van der Waals surface area (Å²) in [4.78, 5) is 16.8. The van der Waals surface area contributed by atoms with Crippen LogP contribution in [0.2, 0.25) is 0 Å².